The van der Waals surface area contributed by atoms with E-state index in [1.807, 2.05) is 6.07 Å². The van der Waals surface area contributed by atoms with E-state index >= 15 is 0 Å². The molecule has 3 aromatic rings. The van der Waals surface area contributed by atoms with Crippen LogP contribution in [0, 0.1) is 6.92 Å². The molecule has 0 aliphatic rings. The molecule has 0 aliphatic heterocycles. The second-order valence-electron chi connectivity index (χ2n) is 5.46. The van der Waals surface area contributed by atoms with Crippen LogP contribution in [0.2, 0.25) is 10.0 Å². The Kier molecular flexibility index (Phi) is 5.84. The smallest absolute Gasteiger partial charge is 0.361 e. The van der Waals surface area contributed by atoms with Crippen LogP contribution in [0.25, 0.3) is 10.4 Å². The number of nitrogens with zero attached hydrogens (tertiary/aromatic N) is 1. The van der Waals surface area contributed by atoms with Crippen LogP contribution < -0.4 is 5.32 Å². The predicted molar refractivity (Wildman–Crippen MR) is 105 cm³/mol. The second kappa shape index (κ2) is 8.12. The van der Waals surface area contributed by atoms with Crippen molar-refractivity contribution in [3.8, 4) is 10.4 Å². The monoisotopic (exact) mass is 424 g/mol. The van der Waals surface area contributed by atoms with Crippen LogP contribution in [0.5, 0.6) is 0 Å². The van der Waals surface area contributed by atoms with E-state index in [1.54, 1.807) is 38.1 Å². The van der Waals surface area contributed by atoms with Gasteiger partial charge in [-0.1, -0.05) is 28.4 Å². The Morgan fingerprint density at radius 3 is 2.59 bits per heavy atom. The fourth-order valence-electron chi connectivity index (χ4n) is 2.41. The lowest BCUT2D eigenvalue weighted by Gasteiger charge is -2.03. The number of esters is 1. The summed E-state index contributed by atoms with van der Waals surface area (Å²) in [5, 5.41) is 8.01. The molecule has 6 nitrogen and oxygen atoms in total. The zero-order valence-corrected chi connectivity index (χ0v) is 16.7. The minimum absolute atomic E-state index is 0.0502. The number of rotatable bonds is 5. The normalized spacial score (nSPS) is 10.7. The van der Waals surface area contributed by atoms with E-state index in [4.69, 9.17) is 32.5 Å². The third kappa shape index (κ3) is 4.32. The van der Waals surface area contributed by atoms with Crippen molar-refractivity contribution >= 4 is 51.4 Å². The summed E-state index contributed by atoms with van der Waals surface area (Å²) < 4.78 is 9.89. The predicted octanol–water partition coefficient (Wildman–Crippen LogP) is 5.45. The molecule has 0 saturated heterocycles. The van der Waals surface area contributed by atoms with E-state index in [-0.39, 0.29) is 23.6 Å². The maximum absolute atomic E-state index is 12.6. The highest BCUT2D eigenvalue weighted by molar-refractivity contribution is 7.19. The number of nitrogens with one attached hydrogen (secondary N) is 1. The quantitative estimate of drug-likeness (QED) is 0.550. The number of carbonyl (C=O) groups excluding carboxylic acids is 2. The molecule has 27 heavy (non-hydrogen) atoms. The first-order valence-electron chi connectivity index (χ1n) is 7.90. The van der Waals surface area contributed by atoms with Gasteiger partial charge in [0.1, 0.15) is 11.3 Å². The average molecular weight is 425 g/mol. The standard InChI is InChI=1S/C18H14Cl2N2O4S/c1-3-25-18(24)16-15(9(2)26-22-16)17(23)21-14-5-4-13(27-14)10-6-11(19)8-12(20)7-10/h4-8H,3H2,1-2H3,(H,21,23). The summed E-state index contributed by atoms with van der Waals surface area (Å²) in [4.78, 5) is 25.4. The van der Waals surface area contributed by atoms with Gasteiger partial charge in [-0.2, -0.15) is 0 Å². The van der Waals surface area contributed by atoms with Crippen LogP contribution in [-0.4, -0.2) is 23.6 Å². The van der Waals surface area contributed by atoms with Crippen LogP contribution in [0.4, 0.5) is 5.00 Å². The lowest BCUT2D eigenvalue weighted by molar-refractivity contribution is 0.0512. The van der Waals surface area contributed by atoms with Crippen LogP contribution >= 0.6 is 34.5 Å². The fourth-order valence-corrected chi connectivity index (χ4v) is 3.82. The van der Waals surface area contributed by atoms with E-state index in [9.17, 15) is 9.59 Å². The number of anilines is 1. The van der Waals surface area contributed by atoms with Crippen molar-refractivity contribution in [2.75, 3.05) is 11.9 Å². The zero-order chi connectivity index (χ0) is 19.6. The van der Waals surface area contributed by atoms with E-state index in [1.165, 1.54) is 11.3 Å². The van der Waals surface area contributed by atoms with Gasteiger partial charge in [0.25, 0.3) is 5.91 Å². The number of hydrogen-bond donors (Lipinski definition) is 1. The van der Waals surface area contributed by atoms with Crippen molar-refractivity contribution in [3.05, 3.63) is 57.4 Å². The molecule has 0 spiro atoms. The SMILES string of the molecule is CCOC(=O)c1noc(C)c1C(=O)Nc1ccc(-c2cc(Cl)cc(Cl)c2)s1. The number of hydrogen-bond acceptors (Lipinski definition) is 6. The Bertz CT molecular complexity index is 992. The Balaban J connectivity index is 1.83. The summed E-state index contributed by atoms with van der Waals surface area (Å²) in [6.45, 7) is 3.39. The third-order valence-electron chi connectivity index (χ3n) is 3.55. The molecular formula is C18H14Cl2N2O4S. The van der Waals surface area contributed by atoms with Gasteiger partial charge in [-0.15, -0.1) is 11.3 Å². The zero-order valence-electron chi connectivity index (χ0n) is 14.3. The first kappa shape index (κ1) is 19.4. The topological polar surface area (TPSA) is 81.4 Å². The molecule has 0 atom stereocenters. The number of amides is 1. The lowest BCUT2D eigenvalue weighted by atomic mass is 10.2. The summed E-state index contributed by atoms with van der Waals surface area (Å²) in [5.74, 6) is -0.983. The Hall–Kier alpha value is -2.35. The highest BCUT2D eigenvalue weighted by Gasteiger charge is 2.26. The van der Waals surface area contributed by atoms with E-state index < -0.39 is 11.9 Å². The average Bonchev–Trinajstić information content (AvgIpc) is 3.21. The maximum atomic E-state index is 12.6. The lowest BCUT2D eigenvalue weighted by Crippen LogP contribution is -2.17. The van der Waals surface area contributed by atoms with Crippen LogP contribution in [0.15, 0.2) is 34.9 Å². The molecule has 140 valence electrons. The minimum Gasteiger partial charge on any atom is -0.461 e. The number of ether oxygens (including phenoxy) is 1. The number of thiophene rings is 1. The van der Waals surface area contributed by atoms with Gasteiger partial charge >= 0.3 is 5.97 Å². The molecule has 2 heterocycles. The van der Waals surface area contributed by atoms with Crippen LogP contribution in [0.1, 0.15) is 33.5 Å². The molecule has 0 bridgehead atoms. The number of carbonyl (C=O) groups is 2. The van der Waals surface area contributed by atoms with Crippen molar-refractivity contribution in [3.63, 3.8) is 0 Å². The van der Waals surface area contributed by atoms with Gasteiger partial charge in [0.05, 0.1) is 11.6 Å². The van der Waals surface area contributed by atoms with Crippen molar-refractivity contribution in [2.45, 2.75) is 13.8 Å². The van der Waals surface area contributed by atoms with E-state index in [2.05, 4.69) is 10.5 Å². The Morgan fingerprint density at radius 2 is 1.93 bits per heavy atom. The summed E-state index contributed by atoms with van der Waals surface area (Å²) in [7, 11) is 0. The summed E-state index contributed by atoms with van der Waals surface area (Å²) in [6.07, 6.45) is 0. The molecule has 0 saturated carbocycles. The molecule has 0 radical (unpaired) electrons. The van der Waals surface area contributed by atoms with Gasteiger partial charge in [-0.3, -0.25) is 4.79 Å². The molecule has 0 fully saturated rings. The Labute approximate surface area is 169 Å². The highest BCUT2D eigenvalue weighted by Crippen LogP contribution is 2.34. The molecule has 2 aromatic heterocycles. The highest BCUT2D eigenvalue weighted by atomic mass is 35.5. The first-order valence-corrected chi connectivity index (χ1v) is 9.47. The van der Waals surface area contributed by atoms with Crippen molar-refractivity contribution in [2.24, 2.45) is 0 Å². The second-order valence-corrected chi connectivity index (χ2v) is 7.42. The van der Waals surface area contributed by atoms with E-state index in [0.717, 1.165) is 10.4 Å². The van der Waals surface area contributed by atoms with Crippen LogP contribution in [0.3, 0.4) is 0 Å². The van der Waals surface area contributed by atoms with Crippen molar-refractivity contribution in [1.29, 1.82) is 0 Å². The minimum atomic E-state index is -0.708. The van der Waals surface area contributed by atoms with E-state index in [0.29, 0.717) is 15.0 Å². The van der Waals surface area contributed by atoms with Gasteiger partial charge in [0.15, 0.2) is 0 Å². The molecule has 1 amide bonds. The van der Waals surface area contributed by atoms with Gasteiger partial charge in [0.2, 0.25) is 5.69 Å². The third-order valence-corrected chi connectivity index (χ3v) is 5.03. The molecule has 0 unspecified atom stereocenters. The number of halogens is 2. The molecule has 3 rings (SSSR count). The van der Waals surface area contributed by atoms with Gasteiger partial charge < -0.3 is 14.6 Å². The van der Waals surface area contributed by atoms with Gasteiger partial charge in [-0.25, -0.2) is 4.79 Å². The van der Waals surface area contributed by atoms with Crippen molar-refractivity contribution in [1.82, 2.24) is 5.16 Å². The summed E-state index contributed by atoms with van der Waals surface area (Å²) in [5.41, 5.74) is 0.742. The molecule has 1 aromatic carbocycles. The Morgan fingerprint density at radius 1 is 1.22 bits per heavy atom. The maximum Gasteiger partial charge on any atom is 0.361 e. The summed E-state index contributed by atoms with van der Waals surface area (Å²) >= 11 is 13.4. The first-order chi connectivity index (χ1) is 12.9. The largest absolute Gasteiger partial charge is 0.461 e. The molecular weight excluding hydrogens is 411 g/mol. The molecule has 0 aliphatic carbocycles. The summed E-state index contributed by atoms with van der Waals surface area (Å²) in [6, 6.07) is 8.81. The molecule has 9 heteroatoms. The number of aryl methyl sites for hydroxylation is 1. The van der Waals surface area contributed by atoms with Gasteiger partial charge in [-0.05, 0) is 49.7 Å². The fraction of sp³-hybridized carbons (Fsp3) is 0.167. The van der Waals surface area contributed by atoms with Crippen LogP contribution in [-0.2, 0) is 4.74 Å². The number of benzene rings is 1. The number of aromatic nitrogens is 1. The molecule has 1 N–H and O–H groups in total. The van der Waals surface area contributed by atoms with Crippen molar-refractivity contribution < 1.29 is 18.8 Å². The van der Waals surface area contributed by atoms with Gasteiger partial charge in [0, 0.05) is 14.9 Å².